The third kappa shape index (κ3) is 2.92. The molecule has 1 aromatic rings. The summed E-state index contributed by atoms with van der Waals surface area (Å²) in [7, 11) is 0. The van der Waals surface area contributed by atoms with Gasteiger partial charge >= 0.3 is 5.97 Å². The lowest BCUT2D eigenvalue weighted by molar-refractivity contribution is -0.151. The average Bonchev–Trinajstić information content (AvgIpc) is 3.19. The van der Waals surface area contributed by atoms with E-state index in [2.05, 4.69) is 20.4 Å². The molecular weight excluding hydrogens is 270 g/mol. The van der Waals surface area contributed by atoms with Crippen molar-refractivity contribution < 1.29 is 9.90 Å². The van der Waals surface area contributed by atoms with Gasteiger partial charge in [0.2, 0.25) is 0 Å². The van der Waals surface area contributed by atoms with Gasteiger partial charge in [-0.15, -0.1) is 5.10 Å². The third-order valence-electron chi connectivity index (χ3n) is 4.90. The van der Waals surface area contributed by atoms with Gasteiger partial charge in [0.1, 0.15) is 0 Å². The molecule has 1 aliphatic carbocycles. The molecule has 116 valence electrons. The van der Waals surface area contributed by atoms with Gasteiger partial charge in [-0.3, -0.25) is 9.69 Å². The number of carboxylic acid groups (broad SMARTS) is 1. The van der Waals surface area contributed by atoms with Gasteiger partial charge in [-0.05, 0) is 62.4 Å². The summed E-state index contributed by atoms with van der Waals surface area (Å²) < 4.78 is 1.94. The first-order chi connectivity index (χ1) is 9.98. The monoisotopic (exact) mass is 293 g/mol. The molecule has 1 saturated carbocycles. The standard InChI is InChI=1S/C14H23N5O2/c1-14(2,13(20)21)10-4-3-7-18(8-10)9-12-15-16-17-19(12)11-5-6-11/h10-11H,3-9H2,1-2H3,(H,20,21). The number of carboxylic acids is 1. The Morgan fingerprint density at radius 3 is 2.81 bits per heavy atom. The molecule has 1 unspecified atom stereocenters. The molecule has 0 radical (unpaired) electrons. The van der Waals surface area contributed by atoms with E-state index in [1.165, 1.54) is 0 Å². The van der Waals surface area contributed by atoms with Crippen LogP contribution in [0.2, 0.25) is 0 Å². The highest BCUT2D eigenvalue weighted by Gasteiger charge is 2.39. The molecule has 1 saturated heterocycles. The second-order valence-corrected chi connectivity index (χ2v) is 6.87. The maximum atomic E-state index is 11.4. The van der Waals surface area contributed by atoms with E-state index in [-0.39, 0.29) is 5.92 Å². The SMILES string of the molecule is CC(C)(C(=O)O)C1CCCN(Cc2nnnn2C2CC2)C1. The Morgan fingerprint density at radius 2 is 2.14 bits per heavy atom. The number of piperidine rings is 1. The van der Waals surface area contributed by atoms with Crippen LogP contribution in [0.4, 0.5) is 0 Å². The molecule has 2 fully saturated rings. The van der Waals surface area contributed by atoms with E-state index >= 15 is 0 Å². The largest absolute Gasteiger partial charge is 0.481 e. The average molecular weight is 293 g/mol. The number of likely N-dealkylation sites (tertiary alicyclic amines) is 1. The molecule has 1 aromatic heterocycles. The molecule has 0 amide bonds. The summed E-state index contributed by atoms with van der Waals surface area (Å²) in [5.41, 5.74) is -0.679. The molecule has 2 heterocycles. The molecule has 0 aromatic carbocycles. The second kappa shape index (κ2) is 5.36. The minimum absolute atomic E-state index is 0.175. The Hall–Kier alpha value is -1.50. The molecule has 0 bridgehead atoms. The smallest absolute Gasteiger partial charge is 0.309 e. The van der Waals surface area contributed by atoms with E-state index in [1.54, 1.807) is 0 Å². The Morgan fingerprint density at radius 1 is 1.38 bits per heavy atom. The van der Waals surface area contributed by atoms with Crippen LogP contribution >= 0.6 is 0 Å². The second-order valence-electron chi connectivity index (χ2n) is 6.87. The van der Waals surface area contributed by atoms with Gasteiger partial charge in [0.05, 0.1) is 18.0 Å². The normalized spacial score (nSPS) is 24.2. The lowest BCUT2D eigenvalue weighted by Gasteiger charge is -2.39. The first-order valence-electron chi connectivity index (χ1n) is 7.71. The lowest BCUT2D eigenvalue weighted by Crippen LogP contribution is -2.44. The zero-order valence-corrected chi connectivity index (χ0v) is 12.7. The number of rotatable bonds is 5. The minimum Gasteiger partial charge on any atom is -0.481 e. The Labute approximate surface area is 124 Å². The molecular formula is C14H23N5O2. The van der Waals surface area contributed by atoms with Gasteiger partial charge in [0.25, 0.3) is 0 Å². The van der Waals surface area contributed by atoms with E-state index in [1.807, 2.05) is 18.5 Å². The number of hydrogen-bond donors (Lipinski definition) is 1. The molecule has 1 aliphatic heterocycles. The number of carbonyl (C=O) groups is 1. The highest BCUT2D eigenvalue weighted by atomic mass is 16.4. The highest BCUT2D eigenvalue weighted by Crippen LogP contribution is 2.36. The van der Waals surface area contributed by atoms with Crippen LogP contribution in [0.1, 0.15) is 51.4 Å². The van der Waals surface area contributed by atoms with Gasteiger partial charge in [-0.25, -0.2) is 4.68 Å². The predicted molar refractivity (Wildman–Crippen MR) is 75.5 cm³/mol. The minimum atomic E-state index is -0.711. The summed E-state index contributed by atoms with van der Waals surface area (Å²) in [6.45, 7) is 6.17. The maximum Gasteiger partial charge on any atom is 0.309 e. The summed E-state index contributed by atoms with van der Waals surface area (Å²) in [6, 6.07) is 0.478. The third-order valence-corrected chi connectivity index (χ3v) is 4.90. The van der Waals surface area contributed by atoms with Gasteiger partial charge in [0, 0.05) is 6.54 Å². The van der Waals surface area contributed by atoms with Crippen LogP contribution < -0.4 is 0 Å². The number of aliphatic carboxylic acids is 1. The van der Waals surface area contributed by atoms with E-state index in [4.69, 9.17) is 0 Å². The van der Waals surface area contributed by atoms with E-state index in [0.717, 1.165) is 51.1 Å². The van der Waals surface area contributed by atoms with Gasteiger partial charge in [-0.1, -0.05) is 0 Å². The fraction of sp³-hybridized carbons (Fsp3) is 0.857. The number of aromatic nitrogens is 4. The highest BCUT2D eigenvalue weighted by molar-refractivity contribution is 5.74. The van der Waals surface area contributed by atoms with E-state index in [0.29, 0.717) is 6.04 Å². The molecule has 7 nitrogen and oxygen atoms in total. The van der Waals surface area contributed by atoms with Gasteiger partial charge in [-0.2, -0.15) is 0 Å². The van der Waals surface area contributed by atoms with Crippen molar-refractivity contribution >= 4 is 5.97 Å². The number of hydrogen-bond acceptors (Lipinski definition) is 5. The van der Waals surface area contributed by atoms with Crippen LogP contribution in [0.5, 0.6) is 0 Å². The molecule has 7 heteroatoms. The van der Waals surface area contributed by atoms with Crippen molar-refractivity contribution in [3.8, 4) is 0 Å². The van der Waals surface area contributed by atoms with Crippen molar-refractivity contribution in [1.29, 1.82) is 0 Å². The summed E-state index contributed by atoms with van der Waals surface area (Å²) in [6.07, 6.45) is 4.33. The summed E-state index contributed by atoms with van der Waals surface area (Å²) in [4.78, 5) is 13.7. The Kier molecular flexibility index (Phi) is 3.69. The summed E-state index contributed by atoms with van der Waals surface area (Å²) in [5.74, 6) is 0.373. The zero-order chi connectivity index (χ0) is 15.0. The quantitative estimate of drug-likeness (QED) is 0.881. The fourth-order valence-electron chi connectivity index (χ4n) is 3.08. The predicted octanol–water partition coefficient (Wildman–Crippen LogP) is 1.33. The Balaban J connectivity index is 1.66. The zero-order valence-electron chi connectivity index (χ0n) is 12.7. The molecule has 1 atom stereocenters. The first kappa shape index (κ1) is 14.4. The van der Waals surface area contributed by atoms with Crippen molar-refractivity contribution in [1.82, 2.24) is 25.1 Å². The number of tetrazole rings is 1. The lowest BCUT2D eigenvalue weighted by atomic mass is 9.74. The molecule has 3 rings (SSSR count). The van der Waals surface area contributed by atoms with Crippen LogP contribution in [-0.4, -0.2) is 49.3 Å². The maximum absolute atomic E-state index is 11.4. The summed E-state index contributed by atoms with van der Waals surface area (Å²) >= 11 is 0. The summed E-state index contributed by atoms with van der Waals surface area (Å²) in [5, 5.41) is 21.4. The Bertz CT molecular complexity index is 523. The van der Waals surface area contributed by atoms with Crippen LogP contribution in [0.3, 0.4) is 0 Å². The molecule has 21 heavy (non-hydrogen) atoms. The van der Waals surface area contributed by atoms with Crippen molar-refractivity contribution in [2.45, 2.75) is 52.1 Å². The van der Waals surface area contributed by atoms with Gasteiger partial charge in [0.15, 0.2) is 5.82 Å². The van der Waals surface area contributed by atoms with Gasteiger partial charge < -0.3 is 5.11 Å². The van der Waals surface area contributed by atoms with Crippen LogP contribution in [0, 0.1) is 11.3 Å². The van der Waals surface area contributed by atoms with Crippen molar-refractivity contribution in [3.63, 3.8) is 0 Å². The van der Waals surface area contributed by atoms with Crippen LogP contribution in [0.25, 0.3) is 0 Å². The molecule has 1 N–H and O–H groups in total. The van der Waals surface area contributed by atoms with Crippen LogP contribution in [0.15, 0.2) is 0 Å². The molecule has 2 aliphatic rings. The first-order valence-corrected chi connectivity index (χ1v) is 7.71. The topological polar surface area (TPSA) is 84.1 Å². The van der Waals surface area contributed by atoms with Crippen molar-refractivity contribution in [2.24, 2.45) is 11.3 Å². The van der Waals surface area contributed by atoms with E-state index < -0.39 is 11.4 Å². The number of nitrogens with zero attached hydrogens (tertiary/aromatic N) is 5. The van der Waals surface area contributed by atoms with Crippen molar-refractivity contribution in [2.75, 3.05) is 13.1 Å². The van der Waals surface area contributed by atoms with Crippen LogP contribution in [-0.2, 0) is 11.3 Å². The fourth-order valence-corrected chi connectivity index (χ4v) is 3.08. The van der Waals surface area contributed by atoms with E-state index in [9.17, 15) is 9.90 Å². The van der Waals surface area contributed by atoms with Crippen molar-refractivity contribution in [3.05, 3.63) is 5.82 Å². The molecule has 0 spiro atoms.